The summed E-state index contributed by atoms with van der Waals surface area (Å²) >= 11 is 12.4. The molecule has 0 unspecified atom stereocenters. The summed E-state index contributed by atoms with van der Waals surface area (Å²) in [6.45, 7) is 1.81. The summed E-state index contributed by atoms with van der Waals surface area (Å²) in [4.78, 5) is 0.159. The molecule has 0 bridgehead atoms. The van der Waals surface area contributed by atoms with Gasteiger partial charge in [-0.05, 0) is 58.7 Å². The smallest absolute Gasteiger partial charge is 0.263 e. The second-order valence-corrected chi connectivity index (χ2v) is 8.00. The molecule has 1 N–H and O–H groups in total. The molecule has 20 heavy (non-hydrogen) atoms. The molecule has 0 aliphatic rings. The van der Waals surface area contributed by atoms with Crippen molar-refractivity contribution < 1.29 is 8.42 Å². The van der Waals surface area contributed by atoms with Crippen molar-refractivity contribution in [3.8, 4) is 0 Å². The van der Waals surface area contributed by atoms with Gasteiger partial charge in [-0.25, -0.2) is 8.42 Å². The molecule has 0 atom stereocenters. The van der Waals surface area contributed by atoms with Gasteiger partial charge in [-0.3, -0.25) is 4.72 Å². The van der Waals surface area contributed by atoms with Gasteiger partial charge in [0, 0.05) is 14.0 Å². The third-order valence-corrected chi connectivity index (χ3v) is 5.71. The summed E-state index contributed by atoms with van der Waals surface area (Å²) in [7, 11) is -3.69. The molecule has 2 aromatic carbocycles. The third kappa shape index (κ3) is 3.55. The first-order valence-electron chi connectivity index (χ1n) is 5.53. The van der Waals surface area contributed by atoms with E-state index in [1.807, 2.05) is 6.92 Å². The SMILES string of the molecule is Cc1ccc(Cl)cc1NS(=O)(=O)c1cc(Br)ccc1Br. The van der Waals surface area contributed by atoms with Gasteiger partial charge >= 0.3 is 0 Å². The van der Waals surface area contributed by atoms with Gasteiger partial charge in [0.25, 0.3) is 10.0 Å². The Morgan fingerprint density at radius 3 is 2.50 bits per heavy atom. The monoisotopic (exact) mass is 437 g/mol. The minimum Gasteiger partial charge on any atom is -0.279 e. The maximum Gasteiger partial charge on any atom is 0.263 e. The number of hydrogen-bond acceptors (Lipinski definition) is 2. The van der Waals surface area contributed by atoms with Gasteiger partial charge in [0.05, 0.1) is 5.69 Å². The van der Waals surface area contributed by atoms with Gasteiger partial charge in [-0.2, -0.15) is 0 Å². The van der Waals surface area contributed by atoms with Crippen LogP contribution in [0.4, 0.5) is 5.69 Å². The van der Waals surface area contributed by atoms with E-state index in [2.05, 4.69) is 36.6 Å². The molecule has 0 fully saturated rings. The van der Waals surface area contributed by atoms with Crippen molar-refractivity contribution in [1.29, 1.82) is 0 Å². The van der Waals surface area contributed by atoms with E-state index < -0.39 is 10.0 Å². The third-order valence-electron chi connectivity index (χ3n) is 2.63. The minimum atomic E-state index is -3.69. The van der Waals surface area contributed by atoms with Gasteiger partial charge in [-0.1, -0.05) is 33.6 Å². The van der Waals surface area contributed by atoms with Crippen LogP contribution < -0.4 is 4.72 Å². The standard InChI is InChI=1S/C13H10Br2ClNO2S/c1-8-2-4-10(16)7-12(8)17-20(18,19)13-6-9(14)3-5-11(13)15/h2-7,17H,1H3. The van der Waals surface area contributed by atoms with Crippen LogP contribution in [0, 0.1) is 6.92 Å². The number of sulfonamides is 1. The summed E-state index contributed by atoms with van der Waals surface area (Å²) in [5.74, 6) is 0. The van der Waals surface area contributed by atoms with Crippen molar-refractivity contribution in [2.75, 3.05) is 4.72 Å². The van der Waals surface area contributed by atoms with Crippen LogP contribution in [0.2, 0.25) is 5.02 Å². The molecule has 0 amide bonds. The number of aryl methyl sites for hydroxylation is 1. The van der Waals surface area contributed by atoms with E-state index in [9.17, 15) is 8.42 Å². The summed E-state index contributed by atoms with van der Waals surface area (Å²) in [6.07, 6.45) is 0. The molecule has 0 radical (unpaired) electrons. The molecule has 0 heterocycles. The average Bonchev–Trinajstić information content (AvgIpc) is 2.36. The predicted octanol–water partition coefficient (Wildman–Crippen LogP) is 4.97. The van der Waals surface area contributed by atoms with Crippen molar-refractivity contribution in [3.05, 3.63) is 55.9 Å². The lowest BCUT2D eigenvalue weighted by Crippen LogP contribution is -2.14. The van der Waals surface area contributed by atoms with Crippen molar-refractivity contribution in [1.82, 2.24) is 0 Å². The molecule has 0 aliphatic heterocycles. The van der Waals surface area contributed by atoms with Crippen LogP contribution in [0.3, 0.4) is 0 Å². The summed E-state index contributed by atoms with van der Waals surface area (Å²) in [6, 6.07) is 10.0. The van der Waals surface area contributed by atoms with Crippen LogP contribution in [0.5, 0.6) is 0 Å². The lowest BCUT2D eigenvalue weighted by molar-refractivity contribution is 0.600. The molecule has 0 saturated carbocycles. The topological polar surface area (TPSA) is 46.2 Å². The van der Waals surface area contributed by atoms with Crippen LogP contribution in [0.25, 0.3) is 0 Å². The van der Waals surface area contributed by atoms with Gasteiger partial charge in [0.15, 0.2) is 0 Å². The Morgan fingerprint density at radius 1 is 1.10 bits per heavy atom. The minimum absolute atomic E-state index is 0.159. The lowest BCUT2D eigenvalue weighted by atomic mass is 10.2. The molecule has 0 spiro atoms. The zero-order valence-electron chi connectivity index (χ0n) is 10.3. The largest absolute Gasteiger partial charge is 0.279 e. The normalized spacial score (nSPS) is 11.4. The first-order valence-corrected chi connectivity index (χ1v) is 8.98. The predicted molar refractivity (Wildman–Crippen MR) is 88.8 cm³/mol. The zero-order chi connectivity index (χ0) is 14.9. The van der Waals surface area contributed by atoms with Crippen LogP contribution in [-0.4, -0.2) is 8.42 Å². The average molecular weight is 440 g/mol. The number of benzene rings is 2. The van der Waals surface area contributed by atoms with E-state index in [1.54, 1.807) is 30.3 Å². The van der Waals surface area contributed by atoms with E-state index in [1.165, 1.54) is 6.07 Å². The second kappa shape index (κ2) is 6.05. The zero-order valence-corrected chi connectivity index (χ0v) is 15.1. The summed E-state index contributed by atoms with van der Waals surface area (Å²) < 4.78 is 28.6. The van der Waals surface area contributed by atoms with Gasteiger partial charge in [0.2, 0.25) is 0 Å². The van der Waals surface area contributed by atoms with Crippen LogP contribution in [-0.2, 0) is 10.0 Å². The highest BCUT2D eigenvalue weighted by Crippen LogP contribution is 2.29. The summed E-state index contributed by atoms with van der Waals surface area (Å²) in [5.41, 5.74) is 1.26. The number of anilines is 1. The Hall–Kier alpha value is -0.560. The van der Waals surface area contributed by atoms with Gasteiger partial charge < -0.3 is 0 Å². The van der Waals surface area contributed by atoms with Crippen molar-refractivity contribution in [2.45, 2.75) is 11.8 Å². The Labute approximate surface area is 139 Å². The fraction of sp³-hybridized carbons (Fsp3) is 0.0769. The number of hydrogen-bond donors (Lipinski definition) is 1. The van der Waals surface area contributed by atoms with Crippen molar-refractivity contribution >= 4 is 59.2 Å². The molecular weight excluding hydrogens is 429 g/mol. The molecule has 106 valence electrons. The Balaban J connectivity index is 2.46. The maximum absolute atomic E-state index is 12.4. The van der Waals surface area contributed by atoms with Gasteiger partial charge in [0.1, 0.15) is 4.90 Å². The van der Waals surface area contributed by atoms with E-state index in [0.29, 0.717) is 19.7 Å². The Bertz CT molecular complexity index is 763. The van der Waals surface area contributed by atoms with E-state index in [-0.39, 0.29) is 4.90 Å². The molecule has 3 nitrogen and oxygen atoms in total. The quantitative estimate of drug-likeness (QED) is 0.734. The first kappa shape index (κ1) is 15.8. The highest BCUT2D eigenvalue weighted by Gasteiger charge is 2.19. The van der Waals surface area contributed by atoms with Crippen LogP contribution in [0.15, 0.2) is 50.2 Å². The van der Waals surface area contributed by atoms with Crippen molar-refractivity contribution in [2.24, 2.45) is 0 Å². The highest BCUT2D eigenvalue weighted by molar-refractivity contribution is 9.11. The fourth-order valence-electron chi connectivity index (χ4n) is 1.59. The highest BCUT2D eigenvalue weighted by atomic mass is 79.9. The fourth-order valence-corrected chi connectivity index (χ4v) is 4.38. The van der Waals surface area contributed by atoms with Crippen LogP contribution >= 0.6 is 43.5 Å². The van der Waals surface area contributed by atoms with Gasteiger partial charge in [-0.15, -0.1) is 0 Å². The van der Waals surface area contributed by atoms with Crippen LogP contribution in [0.1, 0.15) is 5.56 Å². The Kier molecular flexibility index (Phi) is 4.79. The molecule has 2 aromatic rings. The molecule has 0 aromatic heterocycles. The molecular formula is C13H10Br2ClNO2S. The lowest BCUT2D eigenvalue weighted by Gasteiger charge is -2.12. The molecule has 2 rings (SSSR count). The Morgan fingerprint density at radius 2 is 1.80 bits per heavy atom. The van der Waals surface area contributed by atoms with Crippen molar-refractivity contribution in [3.63, 3.8) is 0 Å². The first-order chi connectivity index (χ1) is 9.29. The molecule has 0 aliphatic carbocycles. The summed E-state index contributed by atoms with van der Waals surface area (Å²) in [5, 5.41) is 0.474. The second-order valence-electron chi connectivity index (χ2n) is 4.14. The number of nitrogens with one attached hydrogen (secondary N) is 1. The molecule has 0 saturated heterocycles. The van der Waals surface area contributed by atoms with E-state index >= 15 is 0 Å². The maximum atomic E-state index is 12.4. The molecule has 7 heteroatoms. The number of halogens is 3. The van der Waals surface area contributed by atoms with E-state index in [0.717, 1.165) is 5.56 Å². The number of rotatable bonds is 3. The van der Waals surface area contributed by atoms with E-state index in [4.69, 9.17) is 11.6 Å².